The summed E-state index contributed by atoms with van der Waals surface area (Å²) in [5, 5.41) is 20.4. The third-order valence-electron chi connectivity index (χ3n) is 2.37. The summed E-state index contributed by atoms with van der Waals surface area (Å²) in [6.07, 6.45) is -4.58. The molecule has 1 unspecified atom stereocenters. The molecule has 3 N–H and O–H groups in total. The number of halogens is 4. The minimum Gasteiger partial charge on any atom is -0.479 e. The van der Waals surface area contributed by atoms with Gasteiger partial charge in [-0.3, -0.25) is 0 Å². The summed E-state index contributed by atoms with van der Waals surface area (Å²) in [7, 11) is 0. The summed E-state index contributed by atoms with van der Waals surface area (Å²) in [5.74, 6) is -1.52. The average molecular weight is 342 g/mol. The monoisotopic (exact) mass is 341 g/mol. The van der Waals surface area contributed by atoms with Gasteiger partial charge in [0.2, 0.25) is 0 Å². The second-order valence-corrected chi connectivity index (χ2v) is 5.04. The SMILES string of the molecule is CC(O)(CNc1ccc(Br)cc1C(F)(F)F)C(=O)O. The number of alkyl halides is 3. The summed E-state index contributed by atoms with van der Waals surface area (Å²) < 4.78 is 38.5. The maximum Gasteiger partial charge on any atom is 0.418 e. The first-order chi connectivity index (χ1) is 8.54. The Balaban J connectivity index is 3.00. The molecule has 0 saturated heterocycles. The predicted molar refractivity (Wildman–Crippen MR) is 65.9 cm³/mol. The molecule has 0 saturated carbocycles. The lowest BCUT2D eigenvalue weighted by Gasteiger charge is -2.21. The molecule has 1 aromatic carbocycles. The van der Waals surface area contributed by atoms with Crippen LogP contribution in [0, 0.1) is 0 Å². The highest BCUT2D eigenvalue weighted by molar-refractivity contribution is 9.10. The van der Waals surface area contributed by atoms with Gasteiger partial charge in [-0.15, -0.1) is 0 Å². The van der Waals surface area contributed by atoms with Gasteiger partial charge in [-0.05, 0) is 25.1 Å². The van der Waals surface area contributed by atoms with Crippen LogP contribution in [-0.4, -0.2) is 28.3 Å². The molecule has 0 aromatic heterocycles. The zero-order valence-corrected chi connectivity index (χ0v) is 11.3. The van der Waals surface area contributed by atoms with Gasteiger partial charge >= 0.3 is 12.1 Å². The highest BCUT2D eigenvalue weighted by Gasteiger charge is 2.35. The van der Waals surface area contributed by atoms with Gasteiger partial charge in [0, 0.05) is 10.2 Å². The van der Waals surface area contributed by atoms with E-state index in [0.717, 1.165) is 19.1 Å². The van der Waals surface area contributed by atoms with Crippen molar-refractivity contribution in [3.8, 4) is 0 Å². The molecule has 4 nitrogen and oxygen atoms in total. The molecule has 0 fully saturated rings. The van der Waals surface area contributed by atoms with Crippen molar-refractivity contribution in [3.63, 3.8) is 0 Å². The first-order valence-corrected chi connectivity index (χ1v) is 5.90. The van der Waals surface area contributed by atoms with Crippen LogP contribution in [0.15, 0.2) is 22.7 Å². The first-order valence-electron chi connectivity index (χ1n) is 5.10. The number of benzene rings is 1. The summed E-state index contributed by atoms with van der Waals surface area (Å²) in [4.78, 5) is 10.7. The lowest BCUT2D eigenvalue weighted by molar-refractivity contribution is -0.155. The van der Waals surface area contributed by atoms with Crippen molar-refractivity contribution in [1.29, 1.82) is 0 Å². The molecule has 106 valence electrons. The molecule has 0 spiro atoms. The minimum absolute atomic E-state index is 0.246. The van der Waals surface area contributed by atoms with Crippen LogP contribution in [-0.2, 0) is 11.0 Å². The van der Waals surface area contributed by atoms with Crippen molar-refractivity contribution >= 4 is 27.6 Å². The van der Waals surface area contributed by atoms with Crippen molar-refractivity contribution in [1.82, 2.24) is 0 Å². The average Bonchev–Trinajstić information content (AvgIpc) is 2.26. The summed E-state index contributed by atoms with van der Waals surface area (Å²) >= 11 is 2.93. The van der Waals surface area contributed by atoms with Gasteiger partial charge in [0.1, 0.15) is 0 Å². The summed E-state index contributed by atoms with van der Waals surface area (Å²) in [5.41, 5.74) is -3.39. The number of hydrogen-bond donors (Lipinski definition) is 3. The largest absolute Gasteiger partial charge is 0.479 e. The van der Waals surface area contributed by atoms with Crippen molar-refractivity contribution in [2.24, 2.45) is 0 Å². The maximum atomic E-state index is 12.8. The van der Waals surface area contributed by atoms with E-state index >= 15 is 0 Å². The fourth-order valence-electron chi connectivity index (χ4n) is 1.25. The van der Waals surface area contributed by atoms with Gasteiger partial charge in [0.15, 0.2) is 5.60 Å². The molecule has 1 rings (SSSR count). The molecule has 0 aliphatic heterocycles. The van der Waals surface area contributed by atoms with E-state index in [1.54, 1.807) is 0 Å². The Morgan fingerprint density at radius 2 is 2.00 bits per heavy atom. The normalized spacial score (nSPS) is 14.8. The van der Waals surface area contributed by atoms with Crippen LogP contribution < -0.4 is 5.32 Å². The Hall–Kier alpha value is -1.28. The zero-order chi connectivity index (χ0) is 14.8. The third-order valence-corrected chi connectivity index (χ3v) is 2.86. The van der Waals surface area contributed by atoms with Crippen LogP contribution >= 0.6 is 15.9 Å². The van der Waals surface area contributed by atoms with E-state index in [0.29, 0.717) is 0 Å². The number of carboxylic acid groups (broad SMARTS) is 1. The van der Waals surface area contributed by atoms with Crippen LogP contribution in [0.25, 0.3) is 0 Å². The van der Waals surface area contributed by atoms with E-state index < -0.39 is 29.9 Å². The minimum atomic E-state index is -4.58. The Morgan fingerprint density at radius 1 is 1.42 bits per heavy atom. The lowest BCUT2D eigenvalue weighted by Crippen LogP contribution is -2.42. The summed E-state index contributed by atoms with van der Waals surface area (Å²) in [6, 6.07) is 3.41. The molecule has 0 amide bonds. The van der Waals surface area contributed by atoms with Crippen LogP contribution in [0.1, 0.15) is 12.5 Å². The van der Waals surface area contributed by atoms with Crippen LogP contribution in [0.2, 0.25) is 0 Å². The maximum absolute atomic E-state index is 12.8. The molecule has 0 bridgehead atoms. The van der Waals surface area contributed by atoms with E-state index in [9.17, 15) is 23.1 Å². The molecule has 0 radical (unpaired) electrons. The molecule has 0 aliphatic rings. The van der Waals surface area contributed by atoms with E-state index in [4.69, 9.17) is 5.11 Å². The van der Waals surface area contributed by atoms with Crippen LogP contribution in [0.3, 0.4) is 0 Å². The van der Waals surface area contributed by atoms with Gasteiger partial charge in [-0.1, -0.05) is 15.9 Å². The van der Waals surface area contributed by atoms with E-state index in [1.807, 2.05) is 0 Å². The molecule has 1 atom stereocenters. The fourth-order valence-corrected chi connectivity index (χ4v) is 1.61. The number of aliphatic carboxylic acids is 1. The molecule has 1 aromatic rings. The Labute approximate surface area is 115 Å². The van der Waals surface area contributed by atoms with Crippen molar-refractivity contribution in [2.75, 3.05) is 11.9 Å². The van der Waals surface area contributed by atoms with Crippen molar-refractivity contribution < 1.29 is 28.2 Å². The lowest BCUT2D eigenvalue weighted by atomic mass is 10.1. The number of carbonyl (C=O) groups is 1. The van der Waals surface area contributed by atoms with Gasteiger partial charge in [-0.2, -0.15) is 13.2 Å². The molecule has 19 heavy (non-hydrogen) atoms. The molecule has 8 heteroatoms. The number of aliphatic hydroxyl groups is 1. The quantitative estimate of drug-likeness (QED) is 0.787. The molecular formula is C11H11BrF3NO3. The van der Waals surface area contributed by atoms with Crippen molar-refractivity contribution in [2.45, 2.75) is 18.7 Å². The predicted octanol–water partition coefficient (Wildman–Crippen LogP) is 2.72. The van der Waals surface area contributed by atoms with Gasteiger partial charge < -0.3 is 15.5 Å². The van der Waals surface area contributed by atoms with E-state index in [2.05, 4.69) is 21.2 Å². The smallest absolute Gasteiger partial charge is 0.418 e. The van der Waals surface area contributed by atoms with Gasteiger partial charge in [0.05, 0.1) is 12.1 Å². The summed E-state index contributed by atoms with van der Waals surface area (Å²) in [6.45, 7) is 0.446. The molecule has 0 heterocycles. The highest BCUT2D eigenvalue weighted by Crippen LogP contribution is 2.36. The second kappa shape index (κ2) is 5.38. The first kappa shape index (κ1) is 15.8. The van der Waals surface area contributed by atoms with Gasteiger partial charge in [0.25, 0.3) is 0 Å². The highest BCUT2D eigenvalue weighted by atomic mass is 79.9. The number of hydrogen-bond acceptors (Lipinski definition) is 3. The number of carboxylic acids is 1. The van der Waals surface area contributed by atoms with Crippen LogP contribution in [0.5, 0.6) is 0 Å². The number of rotatable bonds is 4. The van der Waals surface area contributed by atoms with Crippen LogP contribution in [0.4, 0.5) is 18.9 Å². The standard InChI is InChI=1S/C11H11BrF3NO3/c1-10(19,9(17)18)5-16-8-3-2-6(12)4-7(8)11(13,14)15/h2-4,16,19H,5H2,1H3,(H,17,18). The van der Waals surface area contributed by atoms with Crippen molar-refractivity contribution in [3.05, 3.63) is 28.2 Å². The number of nitrogens with one attached hydrogen (secondary N) is 1. The Bertz CT molecular complexity index is 489. The fraction of sp³-hybridized carbons (Fsp3) is 0.364. The third kappa shape index (κ3) is 4.10. The van der Waals surface area contributed by atoms with Gasteiger partial charge in [-0.25, -0.2) is 4.79 Å². The molecular weight excluding hydrogens is 331 g/mol. The molecule has 0 aliphatic carbocycles. The zero-order valence-electron chi connectivity index (χ0n) is 9.75. The Morgan fingerprint density at radius 3 is 2.47 bits per heavy atom. The number of anilines is 1. The van der Waals surface area contributed by atoms with E-state index in [-0.39, 0.29) is 10.2 Å². The van der Waals surface area contributed by atoms with E-state index in [1.165, 1.54) is 6.07 Å². The topological polar surface area (TPSA) is 69.6 Å². The second-order valence-electron chi connectivity index (χ2n) is 4.12. The Kier molecular flexibility index (Phi) is 4.46.